The summed E-state index contributed by atoms with van der Waals surface area (Å²) >= 11 is -0.796. The average Bonchev–Trinajstić information content (AvgIpc) is 1.65. The summed E-state index contributed by atoms with van der Waals surface area (Å²) < 4.78 is 10.4. The Morgan fingerprint density at radius 1 is 1.75 bits per heavy atom. The summed E-state index contributed by atoms with van der Waals surface area (Å²) in [5.41, 5.74) is 0. The Labute approximate surface area is 53.1 Å². The smallest absolute Gasteiger partial charge is 0.110 e. The van der Waals surface area contributed by atoms with Crippen LogP contribution in [0.3, 0.4) is 0 Å². The molecule has 0 saturated heterocycles. The second kappa shape index (κ2) is 4.18. The first-order chi connectivity index (χ1) is 3.66. The molecule has 0 aromatic heterocycles. The third kappa shape index (κ3) is 4.43. The van der Waals surface area contributed by atoms with Crippen molar-refractivity contribution in [1.82, 2.24) is 0 Å². The molecule has 0 amide bonds. The molecular formula is C5H11O2S. The van der Waals surface area contributed by atoms with Gasteiger partial charge in [0.2, 0.25) is 0 Å². The molecule has 1 radical (unpaired) electrons. The van der Waals surface area contributed by atoms with Crippen molar-refractivity contribution in [2.24, 2.45) is 5.92 Å². The molecule has 3 heteroatoms. The average molecular weight is 135 g/mol. The number of hydrogen-bond acceptors (Lipinski definition) is 1. The number of hydrogen-bond donors (Lipinski definition) is 0. The van der Waals surface area contributed by atoms with Crippen LogP contribution in [0.25, 0.3) is 0 Å². The lowest BCUT2D eigenvalue weighted by molar-refractivity contribution is 0.159. The Balaban J connectivity index is 3.10. The Morgan fingerprint density at radius 3 is 2.38 bits per heavy atom. The van der Waals surface area contributed by atoms with Crippen molar-refractivity contribution in [2.45, 2.75) is 6.92 Å². The Kier molecular flexibility index (Phi) is 4.32. The van der Waals surface area contributed by atoms with E-state index in [0.717, 1.165) is 0 Å². The predicted octanol–water partition coefficient (Wildman–Crippen LogP) is 0.432. The molecule has 0 aliphatic carbocycles. The maximum absolute atomic E-state index is 10.4. The molecule has 0 fully saturated rings. The summed E-state index contributed by atoms with van der Waals surface area (Å²) in [5, 5.41) is 10.0. The molecule has 0 aliphatic heterocycles. The lowest BCUT2D eigenvalue weighted by Gasteiger charge is -2.07. The molecule has 0 aliphatic rings. The first-order valence-electron chi connectivity index (χ1n) is 2.55. The van der Waals surface area contributed by atoms with E-state index in [1.54, 1.807) is 6.26 Å². The molecule has 2 atom stereocenters. The third-order valence-corrected chi connectivity index (χ3v) is 1.84. The first-order valence-corrected chi connectivity index (χ1v) is 4.27. The van der Waals surface area contributed by atoms with Crippen molar-refractivity contribution in [3.05, 3.63) is 0 Å². The molecule has 0 N–H and O–H groups in total. The van der Waals surface area contributed by atoms with Crippen molar-refractivity contribution >= 4 is 11.2 Å². The Bertz CT molecular complexity index is 56.4. The van der Waals surface area contributed by atoms with Crippen molar-refractivity contribution in [3.8, 4) is 0 Å². The zero-order chi connectivity index (χ0) is 6.57. The van der Waals surface area contributed by atoms with Crippen molar-refractivity contribution < 1.29 is 9.66 Å². The van der Waals surface area contributed by atoms with Gasteiger partial charge in [0.25, 0.3) is 0 Å². The van der Waals surface area contributed by atoms with Crippen LogP contribution in [0.5, 0.6) is 0 Å². The van der Waals surface area contributed by atoms with E-state index >= 15 is 0 Å². The van der Waals surface area contributed by atoms with Crippen molar-refractivity contribution in [2.75, 3.05) is 18.6 Å². The monoisotopic (exact) mass is 135 g/mol. The van der Waals surface area contributed by atoms with Gasteiger partial charge in [0.1, 0.15) is 5.75 Å². The van der Waals surface area contributed by atoms with Gasteiger partial charge in [0.15, 0.2) is 0 Å². The zero-order valence-electron chi connectivity index (χ0n) is 5.22. The van der Waals surface area contributed by atoms with Gasteiger partial charge in [-0.1, -0.05) is 18.1 Å². The molecule has 49 valence electrons. The standard InChI is InChI=1S/C5H11O2S/c1-5(3-6)4-8(2)7/h5H,3-4H2,1-2H3. The molecule has 0 saturated carbocycles. The van der Waals surface area contributed by atoms with Crippen LogP contribution in [0.15, 0.2) is 0 Å². The fraction of sp³-hybridized carbons (Fsp3) is 1.00. The molecule has 0 aromatic carbocycles. The summed E-state index contributed by atoms with van der Waals surface area (Å²) in [5.74, 6) is 0.615. The minimum absolute atomic E-state index is 0.0702. The van der Waals surface area contributed by atoms with Crippen LogP contribution >= 0.6 is 0 Å². The largest absolute Gasteiger partial charge is 0.617 e. The van der Waals surface area contributed by atoms with Gasteiger partial charge in [0.05, 0.1) is 12.9 Å². The van der Waals surface area contributed by atoms with Crippen LogP contribution < -0.4 is 0 Å². The topological polar surface area (TPSA) is 43.0 Å². The first kappa shape index (κ1) is 8.27. The maximum Gasteiger partial charge on any atom is 0.110 e. The minimum atomic E-state index is -0.796. The van der Waals surface area contributed by atoms with Crippen LogP contribution in [0.1, 0.15) is 6.92 Å². The zero-order valence-corrected chi connectivity index (χ0v) is 6.03. The van der Waals surface area contributed by atoms with Gasteiger partial charge >= 0.3 is 0 Å². The van der Waals surface area contributed by atoms with Crippen molar-refractivity contribution in [3.63, 3.8) is 0 Å². The van der Waals surface area contributed by atoms with Gasteiger partial charge in [-0.25, -0.2) is 5.11 Å². The van der Waals surface area contributed by atoms with Crippen LogP contribution in [-0.4, -0.2) is 23.2 Å². The molecular weight excluding hydrogens is 124 g/mol. The van der Waals surface area contributed by atoms with Crippen molar-refractivity contribution in [1.29, 1.82) is 0 Å². The fourth-order valence-electron chi connectivity index (χ4n) is 0.449. The molecule has 0 heterocycles. The fourth-order valence-corrected chi connectivity index (χ4v) is 1.35. The van der Waals surface area contributed by atoms with Gasteiger partial charge in [0, 0.05) is 5.92 Å². The van der Waals surface area contributed by atoms with E-state index in [2.05, 4.69) is 0 Å². The van der Waals surface area contributed by atoms with Gasteiger partial charge in [-0.3, -0.25) is 0 Å². The molecule has 2 nitrogen and oxygen atoms in total. The number of rotatable bonds is 3. The Hall–Kier alpha value is 0.270. The summed E-state index contributed by atoms with van der Waals surface area (Å²) in [6, 6.07) is 0. The molecule has 2 unspecified atom stereocenters. The highest BCUT2D eigenvalue weighted by Crippen LogP contribution is 1.96. The Morgan fingerprint density at radius 2 is 2.25 bits per heavy atom. The van der Waals surface area contributed by atoms with E-state index in [1.165, 1.54) is 0 Å². The summed E-state index contributed by atoms with van der Waals surface area (Å²) in [7, 11) is 0. The van der Waals surface area contributed by atoms with E-state index in [0.29, 0.717) is 5.75 Å². The summed E-state index contributed by atoms with van der Waals surface area (Å²) in [4.78, 5) is 0. The molecule has 0 rings (SSSR count). The quantitative estimate of drug-likeness (QED) is 0.517. The van der Waals surface area contributed by atoms with Gasteiger partial charge < -0.3 is 4.55 Å². The van der Waals surface area contributed by atoms with Gasteiger partial charge in [-0.05, 0) is 0 Å². The summed E-state index contributed by atoms with van der Waals surface area (Å²) in [6.07, 6.45) is 1.62. The predicted molar refractivity (Wildman–Crippen MR) is 33.7 cm³/mol. The molecule has 0 aromatic rings. The van der Waals surface area contributed by atoms with E-state index in [4.69, 9.17) is 0 Å². The highest BCUT2D eigenvalue weighted by Gasteiger charge is 2.05. The van der Waals surface area contributed by atoms with Gasteiger partial charge in [-0.15, -0.1) is 0 Å². The van der Waals surface area contributed by atoms with Crippen LogP contribution in [0, 0.1) is 5.92 Å². The minimum Gasteiger partial charge on any atom is -0.617 e. The van der Waals surface area contributed by atoms with E-state index in [1.807, 2.05) is 6.92 Å². The second-order valence-corrected chi connectivity index (χ2v) is 3.49. The van der Waals surface area contributed by atoms with Crippen LogP contribution in [-0.2, 0) is 16.3 Å². The highest BCUT2D eigenvalue weighted by molar-refractivity contribution is 7.90. The molecule has 0 spiro atoms. The van der Waals surface area contributed by atoms with E-state index < -0.39 is 11.2 Å². The lowest BCUT2D eigenvalue weighted by Crippen LogP contribution is -2.14. The van der Waals surface area contributed by atoms with Crippen LogP contribution in [0.4, 0.5) is 0 Å². The van der Waals surface area contributed by atoms with E-state index in [-0.39, 0.29) is 12.5 Å². The normalized spacial score (nSPS) is 18.0. The van der Waals surface area contributed by atoms with Gasteiger partial charge in [-0.2, -0.15) is 0 Å². The van der Waals surface area contributed by atoms with E-state index in [9.17, 15) is 9.66 Å². The second-order valence-electron chi connectivity index (χ2n) is 2.01. The SMILES string of the molecule is CC(C[O])C[S+](C)[O-]. The maximum atomic E-state index is 10.4. The third-order valence-electron chi connectivity index (χ3n) is 0.804. The molecule has 8 heavy (non-hydrogen) atoms. The lowest BCUT2D eigenvalue weighted by atomic mass is 10.2. The highest BCUT2D eigenvalue weighted by atomic mass is 32.2. The molecule has 0 bridgehead atoms. The summed E-state index contributed by atoms with van der Waals surface area (Å²) in [6.45, 7) is 1.70. The van der Waals surface area contributed by atoms with Crippen LogP contribution in [0.2, 0.25) is 0 Å².